The van der Waals surface area contributed by atoms with Crippen molar-refractivity contribution in [2.24, 2.45) is 0 Å². The molecule has 132 valence electrons. The van der Waals surface area contributed by atoms with Gasteiger partial charge in [-0.15, -0.1) is 0 Å². The average molecular weight is 353 g/mol. The van der Waals surface area contributed by atoms with Crippen LogP contribution in [0.15, 0.2) is 48.5 Å². The van der Waals surface area contributed by atoms with E-state index in [2.05, 4.69) is 10.1 Å². The van der Waals surface area contributed by atoms with Crippen molar-refractivity contribution < 1.29 is 32.2 Å². The summed E-state index contributed by atoms with van der Waals surface area (Å²) >= 11 is 0. The van der Waals surface area contributed by atoms with Crippen molar-refractivity contribution in [3.63, 3.8) is 0 Å². The van der Waals surface area contributed by atoms with Crippen molar-refractivity contribution in [1.82, 2.24) is 0 Å². The first-order valence-electron chi connectivity index (χ1n) is 7.08. The maximum absolute atomic E-state index is 12.6. The lowest BCUT2D eigenvalue weighted by Crippen LogP contribution is -2.20. The first-order chi connectivity index (χ1) is 11.8. The van der Waals surface area contributed by atoms with Gasteiger partial charge in [0.1, 0.15) is 5.75 Å². The monoisotopic (exact) mass is 353 g/mol. The molecule has 0 bridgehead atoms. The van der Waals surface area contributed by atoms with E-state index in [1.165, 1.54) is 37.4 Å². The Balaban J connectivity index is 1.96. The highest BCUT2D eigenvalue weighted by Gasteiger charge is 2.30. The smallest absolute Gasteiger partial charge is 0.416 e. The molecule has 2 aromatic carbocycles. The zero-order valence-corrected chi connectivity index (χ0v) is 13.1. The minimum Gasteiger partial charge on any atom is -0.484 e. The number of hydrogen-bond acceptors (Lipinski definition) is 4. The third-order valence-electron chi connectivity index (χ3n) is 3.10. The number of carbonyl (C=O) groups is 2. The Morgan fingerprint density at radius 3 is 2.48 bits per heavy atom. The summed E-state index contributed by atoms with van der Waals surface area (Å²) in [6.07, 6.45) is -4.49. The van der Waals surface area contributed by atoms with Crippen LogP contribution in [0.4, 0.5) is 18.9 Å². The highest BCUT2D eigenvalue weighted by Crippen LogP contribution is 2.30. The van der Waals surface area contributed by atoms with Crippen LogP contribution >= 0.6 is 0 Å². The third-order valence-corrected chi connectivity index (χ3v) is 3.10. The number of benzene rings is 2. The largest absolute Gasteiger partial charge is 0.484 e. The predicted octanol–water partition coefficient (Wildman–Crippen LogP) is 3.51. The summed E-state index contributed by atoms with van der Waals surface area (Å²) in [6, 6.07) is 10.3. The van der Waals surface area contributed by atoms with Crippen LogP contribution in [0.25, 0.3) is 0 Å². The number of hydrogen-bond donors (Lipinski definition) is 1. The molecule has 0 fully saturated rings. The second-order valence-electron chi connectivity index (χ2n) is 4.93. The van der Waals surface area contributed by atoms with Gasteiger partial charge in [0.25, 0.3) is 5.91 Å². The van der Waals surface area contributed by atoms with E-state index in [0.717, 1.165) is 12.1 Å². The van der Waals surface area contributed by atoms with E-state index in [1.807, 2.05) is 0 Å². The molecule has 0 radical (unpaired) electrons. The molecule has 0 aliphatic heterocycles. The number of halogens is 3. The summed E-state index contributed by atoms with van der Waals surface area (Å²) in [4.78, 5) is 23.2. The van der Waals surface area contributed by atoms with Gasteiger partial charge in [0.05, 0.1) is 18.2 Å². The number of methoxy groups -OCH3 is 1. The highest BCUT2D eigenvalue weighted by molar-refractivity contribution is 5.92. The van der Waals surface area contributed by atoms with Crippen LogP contribution in [-0.2, 0) is 15.7 Å². The lowest BCUT2D eigenvalue weighted by Gasteiger charge is -2.11. The fourth-order valence-electron chi connectivity index (χ4n) is 1.95. The van der Waals surface area contributed by atoms with Gasteiger partial charge < -0.3 is 14.8 Å². The fourth-order valence-corrected chi connectivity index (χ4v) is 1.95. The van der Waals surface area contributed by atoms with Crippen LogP contribution in [0.3, 0.4) is 0 Å². The molecule has 1 N–H and O–H groups in total. The average Bonchev–Trinajstić information content (AvgIpc) is 2.59. The molecule has 0 saturated heterocycles. The first kappa shape index (κ1) is 18.3. The maximum Gasteiger partial charge on any atom is 0.416 e. The molecule has 0 unspecified atom stereocenters. The molecule has 0 aliphatic rings. The van der Waals surface area contributed by atoms with Crippen LogP contribution in [0.2, 0.25) is 0 Å². The van der Waals surface area contributed by atoms with Crippen molar-refractivity contribution in [2.45, 2.75) is 6.18 Å². The Morgan fingerprint density at radius 1 is 1.08 bits per heavy atom. The topological polar surface area (TPSA) is 64.6 Å². The van der Waals surface area contributed by atoms with Gasteiger partial charge in [-0.2, -0.15) is 13.2 Å². The normalized spacial score (nSPS) is 10.9. The van der Waals surface area contributed by atoms with E-state index in [1.54, 1.807) is 6.07 Å². The van der Waals surface area contributed by atoms with Crippen LogP contribution in [0.5, 0.6) is 5.75 Å². The Hall–Kier alpha value is -3.03. The van der Waals surface area contributed by atoms with E-state index in [9.17, 15) is 22.8 Å². The number of carbonyl (C=O) groups excluding carboxylic acids is 2. The molecule has 2 rings (SSSR count). The maximum atomic E-state index is 12.6. The summed E-state index contributed by atoms with van der Waals surface area (Å²) in [5.41, 5.74) is -0.609. The molecule has 0 saturated carbocycles. The number of anilines is 1. The van der Waals surface area contributed by atoms with Crippen LogP contribution in [0, 0.1) is 0 Å². The van der Waals surface area contributed by atoms with Crippen molar-refractivity contribution in [3.8, 4) is 5.75 Å². The number of ether oxygens (including phenoxy) is 2. The molecule has 0 spiro atoms. The number of rotatable bonds is 5. The number of amides is 1. The lowest BCUT2D eigenvalue weighted by molar-refractivity contribution is -0.137. The predicted molar refractivity (Wildman–Crippen MR) is 83.4 cm³/mol. The molecule has 0 atom stereocenters. The summed E-state index contributed by atoms with van der Waals surface area (Å²) < 4.78 is 47.7. The van der Waals surface area contributed by atoms with E-state index >= 15 is 0 Å². The highest BCUT2D eigenvalue weighted by atomic mass is 19.4. The van der Waals surface area contributed by atoms with Gasteiger partial charge in [-0.3, -0.25) is 4.79 Å². The van der Waals surface area contributed by atoms with Gasteiger partial charge in [-0.25, -0.2) is 4.79 Å². The molecule has 0 heterocycles. The molecule has 0 aliphatic carbocycles. The van der Waals surface area contributed by atoms with Gasteiger partial charge in [0.2, 0.25) is 0 Å². The Bertz CT molecular complexity index is 774. The first-order valence-corrected chi connectivity index (χ1v) is 7.08. The van der Waals surface area contributed by atoms with Crippen LogP contribution in [-0.4, -0.2) is 25.6 Å². The van der Waals surface area contributed by atoms with E-state index in [-0.39, 0.29) is 17.0 Å². The third kappa shape index (κ3) is 5.23. The lowest BCUT2D eigenvalue weighted by atomic mass is 10.2. The van der Waals surface area contributed by atoms with Gasteiger partial charge in [-0.05, 0) is 36.4 Å². The zero-order valence-electron chi connectivity index (χ0n) is 13.1. The molecule has 25 heavy (non-hydrogen) atoms. The second kappa shape index (κ2) is 7.69. The molecule has 2 aromatic rings. The number of nitrogens with one attached hydrogen (secondary N) is 1. The molecule has 8 heteroatoms. The van der Waals surface area contributed by atoms with Gasteiger partial charge in [0, 0.05) is 5.69 Å². The molecule has 1 amide bonds. The van der Waals surface area contributed by atoms with Gasteiger partial charge in [0.15, 0.2) is 6.61 Å². The summed E-state index contributed by atoms with van der Waals surface area (Å²) in [5.74, 6) is -0.941. The quantitative estimate of drug-likeness (QED) is 0.836. The number of esters is 1. The summed E-state index contributed by atoms with van der Waals surface area (Å²) in [5, 5.41) is 2.32. The Morgan fingerprint density at radius 2 is 1.80 bits per heavy atom. The van der Waals surface area contributed by atoms with Gasteiger partial charge in [-0.1, -0.05) is 12.1 Å². The van der Waals surface area contributed by atoms with Crippen LogP contribution < -0.4 is 10.1 Å². The second-order valence-corrected chi connectivity index (χ2v) is 4.93. The van der Waals surface area contributed by atoms with Crippen molar-refractivity contribution >= 4 is 17.6 Å². The standard InChI is InChI=1S/C17H14F3NO4/c1-24-16(23)11-4-2-7-14(8-11)25-10-15(22)21-13-6-3-5-12(9-13)17(18,19)20/h2-9H,10H2,1H3,(H,21,22). The Kier molecular flexibility index (Phi) is 5.63. The van der Waals surface area contributed by atoms with Crippen molar-refractivity contribution in [3.05, 3.63) is 59.7 Å². The van der Waals surface area contributed by atoms with E-state index < -0.39 is 30.2 Å². The zero-order chi connectivity index (χ0) is 18.4. The SMILES string of the molecule is COC(=O)c1cccc(OCC(=O)Nc2cccc(C(F)(F)F)c2)c1. The minimum atomic E-state index is -4.49. The van der Waals surface area contributed by atoms with E-state index in [4.69, 9.17) is 4.74 Å². The molecule has 0 aromatic heterocycles. The molecule has 5 nitrogen and oxygen atoms in total. The van der Waals surface area contributed by atoms with E-state index in [0.29, 0.717) is 0 Å². The fraction of sp³-hybridized carbons (Fsp3) is 0.176. The van der Waals surface area contributed by atoms with Gasteiger partial charge >= 0.3 is 12.1 Å². The molecular weight excluding hydrogens is 339 g/mol. The minimum absolute atomic E-state index is 0.00624. The summed E-state index contributed by atoms with van der Waals surface area (Å²) in [7, 11) is 1.23. The van der Waals surface area contributed by atoms with Crippen molar-refractivity contribution in [2.75, 3.05) is 19.0 Å². The van der Waals surface area contributed by atoms with Crippen LogP contribution in [0.1, 0.15) is 15.9 Å². The van der Waals surface area contributed by atoms with Crippen molar-refractivity contribution in [1.29, 1.82) is 0 Å². The molecular formula is C17H14F3NO4. The Labute approximate surface area is 141 Å². The summed E-state index contributed by atoms with van der Waals surface area (Å²) in [6.45, 7) is -0.430. The number of alkyl halides is 3.